The van der Waals surface area contributed by atoms with Crippen LogP contribution in [0.25, 0.3) is 0 Å². The monoisotopic (exact) mass is 236 g/mol. The molecule has 0 radical (unpaired) electrons. The first kappa shape index (κ1) is 13.2. The first-order chi connectivity index (χ1) is 8.19. The molecule has 0 unspecified atom stereocenters. The first-order valence-electron chi connectivity index (χ1n) is 5.23. The fourth-order valence-electron chi connectivity index (χ4n) is 1.42. The Bertz CT molecular complexity index is 393. The van der Waals surface area contributed by atoms with Gasteiger partial charge in [-0.15, -0.1) is 6.58 Å². The number of hydrogen-bond acceptors (Lipinski definition) is 4. The van der Waals surface area contributed by atoms with Gasteiger partial charge in [0.2, 0.25) is 0 Å². The molecule has 1 rings (SSSR count). The number of carbonyl (C=O) groups is 1. The van der Waals surface area contributed by atoms with Gasteiger partial charge in [0, 0.05) is 32.1 Å². The second-order valence-corrected chi connectivity index (χ2v) is 3.43. The third kappa shape index (κ3) is 3.88. The summed E-state index contributed by atoms with van der Waals surface area (Å²) in [7, 11) is 1.63. The summed E-state index contributed by atoms with van der Waals surface area (Å²) in [6.07, 6.45) is 3.25. The van der Waals surface area contributed by atoms with Crippen LogP contribution in [-0.4, -0.2) is 42.9 Å². The number of pyridine rings is 1. The molecule has 17 heavy (non-hydrogen) atoms. The number of methoxy groups -OCH3 is 1. The van der Waals surface area contributed by atoms with Gasteiger partial charge in [-0.2, -0.15) is 0 Å². The average Bonchev–Trinajstić information content (AvgIpc) is 2.34. The highest BCUT2D eigenvalue weighted by molar-refractivity contribution is 5.86. The molecule has 1 N–H and O–H groups in total. The van der Waals surface area contributed by atoms with Crippen LogP contribution in [0.5, 0.6) is 0 Å². The van der Waals surface area contributed by atoms with Gasteiger partial charge in [-0.1, -0.05) is 6.08 Å². The van der Waals surface area contributed by atoms with E-state index in [4.69, 9.17) is 9.84 Å². The standard InChI is InChI=1S/C12H16N2O3/c1-3-6-14(7-8-17-2)10-4-5-13-11(9-10)12(15)16/h3-5,9H,1,6-8H2,2H3,(H,15,16). The molecule has 0 atom stereocenters. The van der Waals surface area contributed by atoms with Gasteiger partial charge in [-0.25, -0.2) is 9.78 Å². The maximum absolute atomic E-state index is 10.8. The normalized spacial score (nSPS) is 9.94. The molecule has 0 saturated carbocycles. The van der Waals surface area contributed by atoms with Gasteiger partial charge in [0.15, 0.2) is 0 Å². The molecule has 0 saturated heterocycles. The quantitative estimate of drug-likeness (QED) is 0.725. The number of anilines is 1. The molecule has 0 spiro atoms. The van der Waals surface area contributed by atoms with Crippen molar-refractivity contribution >= 4 is 11.7 Å². The number of carboxylic acid groups (broad SMARTS) is 1. The summed E-state index contributed by atoms with van der Waals surface area (Å²) in [6.45, 7) is 5.55. The van der Waals surface area contributed by atoms with E-state index in [9.17, 15) is 4.79 Å². The van der Waals surface area contributed by atoms with Crippen LogP contribution >= 0.6 is 0 Å². The van der Waals surface area contributed by atoms with Gasteiger partial charge in [-0.05, 0) is 12.1 Å². The van der Waals surface area contributed by atoms with Crippen molar-refractivity contribution in [2.45, 2.75) is 0 Å². The van der Waals surface area contributed by atoms with Crippen LogP contribution in [0.4, 0.5) is 5.69 Å². The Kier molecular flexibility index (Phi) is 5.16. The Balaban J connectivity index is 2.88. The van der Waals surface area contributed by atoms with Crippen LogP contribution in [0.2, 0.25) is 0 Å². The summed E-state index contributed by atoms with van der Waals surface area (Å²) in [5.74, 6) is -1.03. The summed E-state index contributed by atoms with van der Waals surface area (Å²) in [6, 6.07) is 3.31. The highest BCUT2D eigenvalue weighted by atomic mass is 16.5. The second kappa shape index (κ2) is 6.65. The second-order valence-electron chi connectivity index (χ2n) is 3.43. The summed E-state index contributed by atoms with van der Waals surface area (Å²) in [4.78, 5) is 16.6. The molecular weight excluding hydrogens is 220 g/mol. The Morgan fingerprint density at radius 1 is 1.71 bits per heavy atom. The zero-order valence-corrected chi connectivity index (χ0v) is 9.80. The van der Waals surface area contributed by atoms with Crippen molar-refractivity contribution in [3.8, 4) is 0 Å². The van der Waals surface area contributed by atoms with E-state index in [1.54, 1.807) is 25.3 Å². The summed E-state index contributed by atoms with van der Waals surface area (Å²) < 4.78 is 5.01. The van der Waals surface area contributed by atoms with Crippen LogP contribution in [0.3, 0.4) is 0 Å². The molecule has 0 aliphatic heterocycles. The van der Waals surface area contributed by atoms with Gasteiger partial charge in [0.1, 0.15) is 5.69 Å². The smallest absolute Gasteiger partial charge is 0.354 e. The first-order valence-corrected chi connectivity index (χ1v) is 5.23. The predicted octanol–water partition coefficient (Wildman–Crippen LogP) is 1.42. The van der Waals surface area contributed by atoms with Crippen LogP contribution in [0.1, 0.15) is 10.5 Å². The molecule has 0 aliphatic carbocycles. The maximum Gasteiger partial charge on any atom is 0.354 e. The Morgan fingerprint density at radius 2 is 2.47 bits per heavy atom. The maximum atomic E-state index is 10.8. The minimum atomic E-state index is -1.03. The fraction of sp³-hybridized carbons (Fsp3) is 0.333. The van der Waals surface area contributed by atoms with Crippen LogP contribution in [0.15, 0.2) is 31.0 Å². The van der Waals surface area contributed by atoms with Crippen molar-refractivity contribution < 1.29 is 14.6 Å². The molecule has 1 aromatic heterocycles. The summed E-state index contributed by atoms with van der Waals surface area (Å²) in [5, 5.41) is 8.87. The van der Waals surface area contributed by atoms with Crippen LogP contribution < -0.4 is 4.90 Å². The van der Waals surface area contributed by atoms with E-state index < -0.39 is 5.97 Å². The lowest BCUT2D eigenvalue weighted by molar-refractivity contribution is 0.0690. The van der Waals surface area contributed by atoms with Crippen molar-refractivity contribution in [2.75, 3.05) is 31.7 Å². The SMILES string of the molecule is C=CCN(CCOC)c1ccnc(C(=O)O)c1. The van der Waals surface area contributed by atoms with Crippen molar-refractivity contribution in [3.05, 3.63) is 36.7 Å². The number of hydrogen-bond donors (Lipinski definition) is 1. The highest BCUT2D eigenvalue weighted by Crippen LogP contribution is 2.14. The molecule has 5 heteroatoms. The summed E-state index contributed by atoms with van der Waals surface area (Å²) in [5.41, 5.74) is 0.836. The van der Waals surface area contributed by atoms with Gasteiger partial charge in [0.05, 0.1) is 6.61 Å². The number of aromatic nitrogens is 1. The average molecular weight is 236 g/mol. The van der Waals surface area contributed by atoms with E-state index in [1.807, 2.05) is 4.90 Å². The number of rotatable bonds is 7. The minimum absolute atomic E-state index is 0.0361. The number of aromatic carboxylic acids is 1. The molecular formula is C12H16N2O3. The molecule has 0 aliphatic rings. The van der Waals surface area contributed by atoms with Crippen LogP contribution in [-0.2, 0) is 4.74 Å². The number of ether oxygens (including phenoxy) is 1. The zero-order chi connectivity index (χ0) is 12.7. The van der Waals surface area contributed by atoms with E-state index in [1.165, 1.54) is 6.20 Å². The minimum Gasteiger partial charge on any atom is -0.477 e. The Hall–Kier alpha value is -1.88. The van der Waals surface area contributed by atoms with Crippen molar-refractivity contribution in [1.82, 2.24) is 4.98 Å². The van der Waals surface area contributed by atoms with Gasteiger partial charge in [-0.3, -0.25) is 0 Å². The third-order valence-corrected chi connectivity index (χ3v) is 2.24. The lowest BCUT2D eigenvalue weighted by Crippen LogP contribution is -2.27. The van der Waals surface area contributed by atoms with E-state index in [2.05, 4.69) is 11.6 Å². The van der Waals surface area contributed by atoms with Gasteiger partial charge >= 0.3 is 5.97 Å². The molecule has 5 nitrogen and oxygen atoms in total. The van der Waals surface area contributed by atoms with Gasteiger partial charge < -0.3 is 14.7 Å². The van der Waals surface area contributed by atoms with Crippen molar-refractivity contribution in [1.29, 1.82) is 0 Å². The van der Waals surface area contributed by atoms with E-state index in [-0.39, 0.29) is 5.69 Å². The molecule has 0 bridgehead atoms. The molecule has 1 aromatic rings. The zero-order valence-electron chi connectivity index (χ0n) is 9.80. The largest absolute Gasteiger partial charge is 0.477 e. The van der Waals surface area contributed by atoms with Gasteiger partial charge in [0.25, 0.3) is 0 Å². The third-order valence-electron chi connectivity index (χ3n) is 2.24. The Labute approximate surface area is 100 Å². The van der Waals surface area contributed by atoms with E-state index in [0.717, 1.165) is 5.69 Å². The van der Waals surface area contributed by atoms with Crippen molar-refractivity contribution in [2.24, 2.45) is 0 Å². The highest BCUT2D eigenvalue weighted by Gasteiger charge is 2.09. The molecule has 0 amide bonds. The molecule has 92 valence electrons. The van der Waals surface area contributed by atoms with E-state index in [0.29, 0.717) is 19.7 Å². The molecule has 1 heterocycles. The number of carboxylic acids is 1. The summed E-state index contributed by atoms with van der Waals surface area (Å²) >= 11 is 0. The lowest BCUT2D eigenvalue weighted by atomic mass is 10.3. The predicted molar refractivity (Wildman–Crippen MR) is 65.5 cm³/mol. The van der Waals surface area contributed by atoms with Crippen LogP contribution in [0, 0.1) is 0 Å². The number of nitrogens with zero attached hydrogens (tertiary/aromatic N) is 2. The fourth-order valence-corrected chi connectivity index (χ4v) is 1.42. The lowest BCUT2D eigenvalue weighted by Gasteiger charge is -2.22. The topological polar surface area (TPSA) is 62.7 Å². The Morgan fingerprint density at radius 3 is 3.06 bits per heavy atom. The van der Waals surface area contributed by atoms with Crippen molar-refractivity contribution in [3.63, 3.8) is 0 Å². The molecule has 0 fully saturated rings. The molecule has 0 aromatic carbocycles. The van der Waals surface area contributed by atoms with E-state index >= 15 is 0 Å².